The Morgan fingerprint density at radius 2 is 1.94 bits per heavy atom. The van der Waals surface area contributed by atoms with Crippen LogP contribution in [0.1, 0.15) is 25.8 Å². The van der Waals surface area contributed by atoms with E-state index in [4.69, 9.17) is 0 Å². The highest BCUT2D eigenvalue weighted by atomic mass is 16.1. The quantitative estimate of drug-likeness (QED) is 0.758. The largest absolute Gasteiger partial charge is 0.299 e. The van der Waals surface area contributed by atoms with Crippen LogP contribution in [-0.4, -0.2) is 23.3 Å². The van der Waals surface area contributed by atoms with Crippen LogP contribution in [0.25, 0.3) is 0 Å². The van der Waals surface area contributed by atoms with Gasteiger partial charge in [-0.05, 0) is 12.5 Å². The third-order valence-corrected chi connectivity index (χ3v) is 3.68. The number of likely N-dealkylation sites (tertiary alicyclic amines) is 1. The van der Waals surface area contributed by atoms with Crippen molar-refractivity contribution in [1.82, 2.24) is 4.90 Å². The Morgan fingerprint density at radius 1 is 1.25 bits per heavy atom. The zero-order chi connectivity index (χ0) is 11.5. The van der Waals surface area contributed by atoms with Gasteiger partial charge in [0.25, 0.3) is 0 Å². The zero-order valence-corrected chi connectivity index (χ0v) is 10.0. The summed E-state index contributed by atoms with van der Waals surface area (Å²) in [5.74, 6) is 0.592. The Kier molecular flexibility index (Phi) is 3.39. The third-order valence-electron chi connectivity index (χ3n) is 3.68. The van der Waals surface area contributed by atoms with Gasteiger partial charge < -0.3 is 0 Å². The Bertz CT molecular complexity index is 360. The Hall–Kier alpha value is -1.15. The molecule has 1 aliphatic rings. The van der Waals surface area contributed by atoms with Gasteiger partial charge in [-0.3, -0.25) is 9.69 Å². The zero-order valence-electron chi connectivity index (χ0n) is 10.0. The molecule has 1 fully saturated rings. The average Bonchev–Trinajstić information content (AvgIpc) is 2.31. The van der Waals surface area contributed by atoms with Crippen molar-refractivity contribution in [1.29, 1.82) is 0 Å². The van der Waals surface area contributed by atoms with Crippen LogP contribution in [0.5, 0.6) is 0 Å². The summed E-state index contributed by atoms with van der Waals surface area (Å²) in [6.45, 7) is 6.06. The molecule has 1 saturated heterocycles. The summed E-state index contributed by atoms with van der Waals surface area (Å²) in [5, 5.41) is 0. The minimum atomic E-state index is 0.178. The molecule has 1 aromatic rings. The fraction of sp³-hybridized carbons (Fsp3) is 0.500. The molecule has 0 spiro atoms. The molecule has 0 N–H and O–H groups in total. The average molecular weight is 217 g/mol. The third kappa shape index (κ3) is 2.33. The lowest BCUT2D eigenvalue weighted by Crippen LogP contribution is -2.46. The summed E-state index contributed by atoms with van der Waals surface area (Å²) in [6.07, 6.45) is 0.707. The van der Waals surface area contributed by atoms with Crippen LogP contribution in [0, 0.1) is 5.92 Å². The van der Waals surface area contributed by atoms with E-state index in [2.05, 4.69) is 36.1 Å². The summed E-state index contributed by atoms with van der Waals surface area (Å²) in [7, 11) is 0. The smallest absolute Gasteiger partial charge is 0.138 e. The molecule has 2 heteroatoms. The monoisotopic (exact) mass is 217 g/mol. The van der Waals surface area contributed by atoms with Crippen LogP contribution in [0.3, 0.4) is 0 Å². The molecular formula is C14H19NO. The fourth-order valence-corrected chi connectivity index (χ4v) is 2.31. The number of carbonyl (C=O) groups excluding carboxylic acids is 1. The van der Waals surface area contributed by atoms with E-state index in [-0.39, 0.29) is 5.92 Å². The van der Waals surface area contributed by atoms with Crippen LogP contribution in [-0.2, 0) is 11.3 Å². The molecule has 16 heavy (non-hydrogen) atoms. The maximum atomic E-state index is 11.6. The van der Waals surface area contributed by atoms with Crippen LogP contribution >= 0.6 is 0 Å². The van der Waals surface area contributed by atoms with Crippen molar-refractivity contribution in [2.45, 2.75) is 32.9 Å². The van der Waals surface area contributed by atoms with E-state index in [0.717, 1.165) is 13.1 Å². The van der Waals surface area contributed by atoms with Gasteiger partial charge in [0, 0.05) is 31.5 Å². The first-order chi connectivity index (χ1) is 7.68. The first-order valence-corrected chi connectivity index (χ1v) is 5.99. The Morgan fingerprint density at radius 3 is 2.62 bits per heavy atom. The second-order valence-corrected chi connectivity index (χ2v) is 4.70. The number of Topliss-reactive ketones (excluding diaryl/α,β-unsaturated/α-hetero) is 1. The topological polar surface area (TPSA) is 20.3 Å². The standard InChI is InChI=1S/C14H19NO/c1-11-12(2)15(9-8-14(11)16)10-13-6-4-3-5-7-13/h3-7,11-12H,8-10H2,1-2H3/t11-,12-/m0/s1. The lowest BCUT2D eigenvalue weighted by Gasteiger charge is -2.36. The second-order valence-electron chi connectivity index (χ2n) is 4.70. The number of piperidine rings is 1. The van der Waals surface area contributed by atoms with E-state index in [0.29, 0.717) is 18.2 Å². The van der Waals surface area contributed by atoms with Gasteiger partial charge in [0.05, 0.1) is 0 Å². The van der Waals surface area contributed by atoms with Crippen molar-refractivity contribution < 1.29 is 4.79 Å². The molecule has 0 radical (unpaired) electrons. The van der Waals surface area contributed by atoms with E-state index in [9.17, 15) is 4.79 Å². The molecule has 0 aliphatic carbocycles. The van der Waals surface area contributed by atoms with E-state index >= 15 is 0 Å². The van der Waals surface area contributed by atoms with E-state index in [1.54, 1.807) is 0 Å². The SMILES string of the molecule is C[C@@H]1C(=O)CCN(Cc2ccccc2)[C@H]1C. The summed E-state index contributed by atoms with van der Waals surface area (Å²) in [4.78, 5) is 14.0. The number of rotatable bonds is 2. The highest BCUT2D eigenvalue weighted by Gasteiger charge is 2.30. The van der Waals surface area contributed by atoms with Crippen LogP contribution in [0.2, 0.25) is 0 Å². The van der Waals surface area contributed by atoms with Gasteiger partial charge in [0.15, 0.2) is 0 Å². The lowest BCUT2D eigenvalue weighted by molar-refractivity contribution is -0.128. The molecule has 0 amide bonds. The van der Waals surface area contributed by atoms with Crippen molar-refractivity contribution in [2.24, 2.45) is 5.92 Å². The Labute approximate surface area is 97.3 Å². The predicted molar refractivity (Wildman–Crippen MR) is 65.1 cm³/mol. The molecular weight excluding hydrogens is 198 g/mol. The first kappa shape index (κ1) is 11.3. The predicted octanol–water partition coefficient (Wildman–Crippen LogP) is 2.49. The molecule has 1 aliphatic heterocycles. The number of benzene rings is 1. The van der Waals surface area contributed by atoms with Crippen LogP contribution < -0.4 is 0 Å². The Balaban J connectivity index is 2.03. The van der Waals surface area contributed by atoms with Crippen molar-refractivity contribution in [3.05, 3.63) is 35.9 Å². The molecule has 1 aromatic carbocycles. The molecule has 0 aromatic heterocycles. The van der Waals surface area contributed by atoms with Gasteiger partial charge in [-0.2, -0.15) is 0 Å². The maximum absolute atomic E-state index is 11.6. The first-order valence-electron chi connectivity index (χ1n) is 5.99. The van der Waals surface area contributed by atoms with Gasteiger partial charge in [-0.25, -0.2) is 0 Å². The van der Waals surface area contributed by atoms with Crippen LogP contribution in [0.4, 0.5) is 0 Å². The minimum absolute atomic E-state index is 0.178. The maximum Gasteiger partial charge on any atom is 0.138 e. The molecule has 1 heterocycles. The molecule has 2 nitrogen and oxygen atoms in total. The van der Waals surface area contributed by atoms with Crippen molar-refractivity contribution in [3.8, 4) is 0 Å². The normalized spacial score (nSPS) is 27.0. The molecule has 0 saturated carbocycles. The number of ketones is 1. The molecule has 0 bridgehead atoms. The number of nitrogens with zero attached hydrogens (tertiary/aromatic N) is 1. The summed E-state index contributed by atoms with van der Waals surface area (Å²) in [5.41, 5.74) is 1.33. The van der Waals surface area contributed by atoms with E-state index < -0.39 is 0 Å². The summed E-state index contributed by atoms with van der Waals surface area (Å²) in [6, 6.07) is 10.8. The van der Waals surface area contributed by atoms with E-state index in [1.807, 2.05) is 13.0 Å². The summed E-state index contributed by atoms with van der Waals surface area (Å²) >= 11 is 0. The van der Waals surface area contributed by atoms with Gasteiger partial charge >= 0.3 is 0 Å². The van der Waals surface area contributed by atoms with Crippen molar-refractivity contribution in [3.63, 3.8) is 0 Å². The number of hydrogen-bond acceptors (Lipinski definition) is 2. The minimum Gasteiger partial charge on any atom is -0.299 e. The van der Waals surface area contributed by atoms with Crippen molar-refractivity contribution in [2.75, 3.05) is 6.54 Å². The molecule has 86 valence electrons. The number of carbonyl (C=O) groups is 1. The summed E-state index contributed by atoms with van der Waals surface area (Å²) < 4.78 is 0. The lowest BCUT2D eigenvalue weighted by atomic mass is 9.90. The van der Waals surface area contributed by atoms with E-state index in [1.165, 1.54) is 5.56 Å². The van der Waals surface area contributed by atoms with Gasteiger partial charge in [-0.1, -0.05) is 37.3 Å². The van der Waals surface area contributed by atoms with Crippen LogP contribution in [0.15, 0.2) is 30.3 Å². The second kappa shape index (κ2) is 4.79. The molecule has 2 atom stereocenters. The molecule has 0 unspecified atom stereocenters. The van der Waals surface area contributed by atoms with Gasteiger partial charge in [0.2, 0.25) is 0 Å². The van der Waals surface area contributed by atoms with Gasteiger partial charge in [-0.15, -0.1) is 0 Å². The highest BCUT2D eigenvalue weighted by Crippen LogP contribution is 2.21. The number of hydrogen-bond donors (Lipinski definition) is 0. The van der Waals surface area contributed by atoms with Crippen molar-refractivity contribution >= 4 is 5.78 Å². The van der Waals surface area contributed by atoms with Gasteiger partial charge in [0.1, 0.15) is 5.78 Å². The fourth-order valence-electron chi connectivity index (χ4n) is 2.31. The highest BCUT2D eigenvalue weighted by molar-refractivity contribution is 5.82. The molecule has 2 rings (SSSR count).